The lowest BCUT2D eigenvalue weighted by molar-refractivity contribution is 0.0696. The number of rotatable bonds is 9. The van der Waals surface area contributed by atoms with Crippen LogP contribution in [0.25, 0.3) is 10.9 Å². The molecule has 0 radical (unpaired) electrons. The minimum Gasteiger partial charge on any atom is -0.478 e. The normalized spacial score (nSPS) is 14.3. The Morgan fingerprint density at radius 3 is 2.19 bits per heavy atom. The molecule has 6 rings (SSSR count). The molecular weight excluding hydrogens is 579 g/mol. The van der Waals surface area contributed by atoms with Crippen molar-refractivity contribution in [2.45, 2.75) is 31.2 Å². The number of aromatic nitrogens is 2. The molecule has 1 aliphatic heterocycles. The smallest absolute Gasteiger partial charge is 0.335 e. The Hall–Kier alpha value is -3.97. The fourth-order valence-corrected chi connectivity index (χ4v) is 6.18. The zero-order valence-electron chi connectivity index (χ0n) is 23.6. The molecule has 6 nitrogen and oxygen atoms in total. The van der Waals surface area contributed by atoms with Crippen molar-refractivity contribution in [2.75, 3.05) is 25.0 Å². The van der Waals surface area contributed by atoms with Crippen LogP contribution in [-0.2, 0) is 6.42 Å². The largest absolute Gasteiger partial charge is 0.478 e. The van der Waals surface area contributed by atoms with Crippen molar-refractivity contribution < 1.29 is 9.90 Å². The minimum atomic E-state index is -0.885. The maximum Gasteiger partial charge on any atom is 0.335 e. The lowest BCUT2D eigenvalue weighted by Crippen LogP contribution is -2.40. The Morgan fingerprint density at radius 2 is 1.53 bits per heavy atom. The zero-order valence-corrected chi connectivity index (χ0v) is 25.1. The number of likely N-dealkylation sites (tertiary alicyclic amines) is 1. The second kappa shape index (κ2) is 13.1. The van der Waals surface area contributed by atoms with Gasteiger partial charge in [0.15, 0.2) is 0 Å². The molecule has 0 spiro atoms. The molecule has 0 atom stereocenters. The molecule has 0 unspecified atom stereocenters. The van der Waals surface area contributed by atoms with Gasteiger partial charge in [-0.2, -0.15) is 10.2 Å². The molecule has 43 heavy (non-hydrogen) atoms. The maximum absolute atomic E-state index is 11.3. The molecule has 0 amide bonds. The number of anilines is 1. The highest BCUT2D eigenvalue weighted by Gasteiger charge is 2.22. The summed E-state index contributed by atoms with van der Waals surface area (Å²) in [5.41, 5.74) is 6.67. The summed E-state index contributed by atoms with van der Waals surface area (Å²) in [5.74, 6) is -0.885. The third-order valence-electron chi connectivity index (χ3n) is 8.24. The topological polar surface area (TPSA) is 78.4 Å². The van der Waals surface area contributed by atoms with E-state index in [0.717, 1.165) is 77.7 Å². The zero-order chi connectivity index (χ0) is 29.8. The highest BCUT2D eigenvalue weighted by atomic mass is 35.5. The van der Waals surface area contributed by atoms with E-state index in [2.05, 4.69) is 56.8 Å². The van der Waals surface area contributed by atoms with Crippen LogP contribution in [0.2, 0.25) is 10.0 Å². The van der Waals surface area contributed by atoms with Gasteiger partial charge in [-0.05, 0) is 90.0 Å². The van der Waals surface area contributed by atoms with Gasteiger partial charge in [-0.15, -0.1) is 0 Å². The van der Waals surface area contributed by atoms with Crippen LogP contribution in [0.4, 0.5) is 5.69 Å². The van der Waals surface area contributed by atoms with E-state index in [9.17, 15) is 9.90 Å². The first kappa shape index (κ1) is 29.1. The summed E-state index contributed by atoms with van der Waals surface area (Å²) in [4.78, 5) is 13.8. The first-order valence-electron chi connectivity index (χ1n) is 14.5. The molecule has 1 saturated heterocycles. The number of carboxylic acid groups (broad SMARTS) is 1. The maximum atomic E-state index is 11.3. The fraction of sp³-hybridized carbons (Fsp3) is 0.229. The van der Waals surface area contributed by atoms with Crippen molar-refractivity contribution >= 4 is 45.8 Å². The summed E-state index contributed by atoms with van der Waals surface area (Å²) in [6.45, 7) is 2.87. The summed E-state index contributed by atoms with van der Waals surface area (Å²) in [6.07, 6.45) is 4.69. The highest BCUT2D eigenvalue weighted by Crippen LogP contribution is 2.36. The van der Waals surface area contributed by atoms with Crippen LogP contribution in [0.1, 0.15) is 51.4 Å². The Bertz CT molecular complexity index is 1670. The number of hydrogen-bond acceptors (Lipinski definition) is 5. The number of piperidine rings is 1. The molecule has 0 bridgehead atoms. The van der Waals surface area contributed by atoms with Crippen molar-refractivity contribution in [3.8, 4) is 0 Å². The van der Waals surface area contributed by atoms with Crippen molar-refractivity contribution in [1.29, 1.82) is 0 Å². The molecule has 0 saturated carbocycles. The molecule has 2 heterocycles. The Kier molecular flexibility index (Phi) is 8.89. The SMILES string of the molecule is O=C(O)c1cccc(CCN2CCC(Nc3cnnc4ccc(C(c5ccc(Cl)cc5)c5ccc(Cl)cc5)cc34)CC2)c1. The van der Waals surface area contributed by atoms with Gasteiger partial charge in [-0.3, -0.25) is 0 Å². The Balaban J connectivity index is 1.18. The van der Waals surface area contributed by atoms with E-state index in [-0.39, 0.29) is 5.92 Å². The van der Waals surface area contributed by atoms with Crippen LogP contribution >= 0.6 is 23.2 Å². The summed E-state index contributed by atoms with van der Waals surface area (Å²) in [6, 6.07) is 30.0. The van der Waals surface area contributed by atoms with Crippen molar-refractivity contribution in [3.63, 3.8) is 0 Å². The van der Waals surface area contributed by atoms with Crippen LogP contribution in [0.15, 0.2) is 97.2 Å². The number of fused-ring (bicyclic) bond motifs is 1. The third kappa shape index (κ3) is 6.99. The van der Waals surface area contributed by atoms with Gasteiger partial charge in [0.25, 0.3) is 0 Å². The molecule has 1 aliphatic rings. The second-order valence-corrected chi connectivity index (χ2v) is 12.0. The number of benzene rings is 4. The number of carbonyl (C=O) groups is 1. The predicted molar refractivity (Wildman–Crippen MR) is 174 cm³/mol. The number of halogens is 2. The van der Waals surface area contributed by atoms with E-state index < -0.39 is 5.97 Å². The fourth-order valence-electron chi connectivity index (χ4n) is 5.93. The number of aromatic carboxylic acids is 1. The molecular formula is C35H32Cl2N4O2. The average molecular weight is 612 g/mol. The first-order chi connectivity index (χ1) is 20.9. The summed E-state index contributed by atoms with van der Waals surface area (Å²) < 4.78 is 0. The van der Waals surface area contributed by atoms with E-state index in [1.807, 2.05) is 48.7 Å². The van der Waals surface area contributed by atoms with Crippen molar-refractivity contribution in [2.24, 2.45) is 0 Å². The third-order valence-corrected chi connectivity index (χ3v) is 8.74. The summed E-state index contributed by atoms with van der Waals surface area (Å²) in [5, 5.41) is 24.2. The molecule has 1 aromatic heterocycles. The van der Waals surface area contributed by atoms with Crippen LogP contribution in [0.5, 0.6) is 0 Å². The second-order valence-electron chi connectivity index (χ2n) is 11.1. The molecule has 8 heteroatoms. The van der Waals surface area contributed by atoms with Gasteiger partial charge in [0.05, 0.1) is 23.0 Å². The summed E-state index contributed by atoms with van der Waals surface area (Å²) in [7, 11) is 0. The van der Waals surface area contributed by atoms with Gasteiger partial charge in [-0.1, -0.05) is 65.7 Å². The van der Waals surface area contributed by atoms with Crippen LogP contribution in [0, 0.1) is 0 Å². The molecule has 218 valence electrons. The van der Waals surface area contributed by atoms with Gasteiger partial charge in [0.1, 0.15) is 0 Å². The molecule has 0 aliphatic carbocycles. The monoisotopic (exact) mass is 610 g/mol. The molecule has 2 N–H and O–H groups in total. The van der Waals surface area contributed by atoms with Gasteiger partial charge in [0.2, 0.25) is 0 Å². The Morgan fingerprint density at radius 1 is 0.884 bits per heavy atom. The lowest BCUT2D eigenvalue weighted by Gasteiger charge is -2.33. The number of carboxylic acids is 1. The quantitative estimate of drug-likeness (QED) is 0.165. The van der Waals surface area contributed by atoms with Gasteiger partial charge in [0, 0.05) is 47.0 Å². The van der Waals surface area contributed by atoms with Crippen LogP contribution < -0.4 is 5.32 Å². The van der Waals surface area contributed by atoms with E-state index in [1.54, 1.807) is 12.1 Å². The number of nitrogens with zero attached hydrogens (tertiary/aromatic N) is 3. The first-order valence-corrected chi connectivity index (χ1v) is 15.3. The van der Waals surface area contributed by atoms with Gasteiger partial charge >= 0.3 is 5.97 Å². The van der Waals surface area contributed by atoms with E-state index >= 15 is 0 Å². The highest BCUT2D eigenvalue weighted by molar-refractivity contribution is 6.30. The minimum absolute atomic E-state index is 0.000574. The van der Waals surface area contributed by atoms with Crippen LogP contribution in [0.3, 0.4) is 0 Å². The number of nitrogens with one attached hydrogen (secondary N) is 1. The molecule has 5 aromatic rings. The van der Waals surface area contributed by atoms with Crippen LogP contribution in [-0.4, -0.2) is 51.8 Å². The van der Waals surface area contributed by atoms with Gasteiger partial charge < -0.3 is 15.3 Å². The molecule has 4 aromatic carbocycles. The predicted octanol–water partition coefficient (Wildman–Crippen LogP) is 7.93. The van der Waals surface area contributed by atoms with Crippen molar-refractivity contribution in [1.82, 2.24) is 15.1 Å². The molecule has 1 fully saturated rings. The van der Waals surface area contributed by atoms with E-state index in [4.69, 9.17) is 23.2 Å². The number of hydrogen-bond donors (Lipinski definition) is 2. The average Bonchev–Trinajstić information content (AvgIpc) is 3.03. The standard InChI is InChI=1S/C35H32Cl2N4O2/c36-28-9-4-24(5-10-28)34(25-6-11-29(37)12-7-25)26-8-13-32-31(21-26)33(22-38-40-32)39-30-15-18-41(19-16-30)17-14-23-2-1-3-27(20-23)35(42)43/h1-13,20-22,30,34H,14-19H2,(H,39,40)(H,42,43). The van der Waals surface area contributed by atoms with Crippen molar-refractivity contribution in [3.05, 3.63) is 135 Å². The van der Waals surface area contributed by atoms with E-state index in [0.29, 0.717) is 21.7 Å². The van der Waals surface area contributed by atoms with E-state index in [1.165, 1.54) is 0 Å². The summed E-state index contributed by atoms with van der Waals surface area (Å²) >= 11 is 12.5. The lowest BCUT2D eigenvalue weighted by atomic mass is 9.84. The van der Waals surface area contributed by atoms with Gasteiger partial charge in [-0.25, -0.2) is 4.79 Å². The Labute approximate surface area is 261 Å².